The first-order valence-corrected chi connectivity index (χ1v) is 10.1. The summed E-state index contributed by atoms with van der Waals surface area (Å²) in [6.45, 7) is 2.94. The average Bonchev–Trinajstić information content (AvgIpc) is 3.05. The number of fused-ring (bicyclic) bond motifs is 3. The van der Waals surface area contributed by atoms with Crippen molar-refractivity contribution in [1.29, 1.82) is 10.7 Å². The molecule has 0 saturated heterocycles. The van der Waals surface area contributed by atoms with Gasteiger partial charge < -0.3 is 9.30 Å². The Balaban J connectivity index is 1.77. The molecule has 0 bridgehead atoms. The first-order chi connectivity index (χ1) is 14.1. The predicted octanol–water partition coefficient (Wildman–Crippen LogP) is 5.05. The van der Waals surface area contributed by atoms with Crippen LogP contribution in [0.2, 0.25) is 0 Å². The summed E-state index contributed by atoms with van der Waals surface area (Å²) in [5.41, 5.74) is 3.76. The topological polar surface area (TPSA) is 78.9 Å². The Morgan fingerprint density at radius 2 is 1.97 bits per heavy atom. The zero-order chi connectivity index (χ0) is 20.1. The van der Waals surface area contributed by atoms with Crippen molar-refractivity contribution in [2.24, 2.45) is 5.92 Å². The number of ketones is 1. The maximum absolute atomic E-state index is 12.8. The van der Waals surface area contributed by atoms with Crippen LogP contribution in [0.1, 0.15) is 37.7 Å². The first kappa shape index (κ1) is 17.7. The summed E-state index contributed by atoms with van der Waals surface area (Å²) in [4.78, 5) is 12.8. The minimum atomic E-state index is -0.785. The second kappa shape index (κ2) is 6.59. The molecule has 0 saturated carbocycles. The van der Waals surface area contributed by atoms with E-state index >= 15 is 0 Å². The van der Waals surface area contributed by atoms with Crippen LogP contribution in [0.4, 0.5) is 0 Å². The van der Waals surface area contributed by atoms with Crippen molar-refractivity contribution in [3.05, 3.63) is 59.4 Å². The summed E-state index contributed by atoms with van der Waals surface area (Å²) < 4.78 is 7.87. The van der Waals surface area contributed by atoms with Crippen LogP contribution in [0.15, 0.2) is 53.8 Å². The lowest BCUT2D eigenvalue weighted by atomic mass is 9.74. The number of carbonyl (C=O) groups is 1. The van der Waals surface area contributed by atoms with Gasteiger partial charge in [-0.3, -0.25) is 10.2 Å². The number of Topliss-reactive ketones (excluding diaryl/α,β-unsaturated/α-hetero) is 1. The van der Waals surface area contributed by atoms with Crippen molar-refractivity contribution < 1.29 is 9.53 Å². The number of benzene rings is 2. The number of carbonyl (C=O) groups excluding carboxylic acids is 1. The van der Waals surface area contributed by atoms with Gasteiger partial charge in [-0.05, 0) is 31.0 Å². The van der Waals surface area contributed by atoms with Gasteiger partial charge in [-0.1, -0.05) is 30.3 Å². The molecule has 0 fully saturated rings. The van der Waals surface area contributed by atoms with Crippen molar-refractivity contribution >= 4 is 33.5 Å². The Kier molecular flexibility index (Phi) is 4.02. The monoisotopic (exact) mass is 383 g/mol. The van der Waals surface area contributed by atoms with E-state index < -0.39 is 11.8 Å². The van der Waals surface area contributed by atoms with E-state index in [1.54, 1.807) is 0 Å². The van der Waals surface area contributed by atoms with Crippen LogP contribution in [-0.2, 0) is 16.1 Å². The van der Waals surface area contributed by atoms with Crippen molar-refractivity contribution in [1.82, 2.24) is 4.57 Å². The molecule has 2 unspecified atom stereocenters. The van der Waals surface area contributed by atoms with Crippen LogP contribution >= 0.6 is 0 Å². The normalized spacial score (nSPS) is 21.9. The SMILES string of the molecule is CCn1c2ccccc2c2ccc(C3C4=C(CCCC4=O)OC(=N)C3C#N)cc21. The van der Waals surface area contributed by atoms with Gasteiger partial charge in [-0.2, -0.15) is 5.26 Å². The number of ether oxygens (including phenoxy) is 1. The molecule has 1 N–H and O–H groups in total. The standard InChI is InChI=1S/C24H21N3O2/c1-2-27-18-7-4-3-6-15(18)16-11-10-14(12-19(16)27)22-17(13-25)24(26)29-21-9-5-8-20(28)23(21)22/h3-4,6-7,10-12,17,22,26H,2,5,8-9H2,1H3. The second-order valence-electron chi connectivity index (χ2n) is 7.70. The highest BCUT2D eigenvalue weighted by Gasteiger charge is 2.42. The molecule has 2 aromatic carbocycles. The van der Waals surface area contributed by atoms with Crippen molar-refractivity contribution in [3.63, 3.8) is 0 Å². The maximum Gasteiger partial charge on any atom is 0.205 e. The number of nitrogens with zero attached hydrogens (tertiary/aromatic N) is 2. The third kappa shape index (κ3) is 2.52. The van der Waals surface area contributed by atoms with Gasteiger partial charge in [0.05, 0.1) is 6.07 Å². The molecule has 3 aromatic rings. The number of aryl methyl sites for hydroxylation is 1. The fourth-order valence-electron chi connectivity index (χ4n) is 4.89. The summed E-state index contributed by atoms with van der Waals surface area (Å²) >= 11 is 0. The van der Waals surface area contributed by atoms with E-state index in [0.29, 0.717) is 24.2 Å². The van der Waals surface area contributed by atoms with E-state index in [4.69, 9.17) is 10.1 Å². The molecule has 0 radical (unpaired) electrons. The molecule has 2 atom stereocenters. The highest BCUT2D eigenvalue weighted by molar-refractivity contribution is 6.08. The molecular formula is C24H21N3O2. The van der Waals surface area contributed by atoms with Crippen molar-refractivity contribution in [3.8, 4) is 6.07 Å². The number of hydrogen-bond acceptors (Lipinski definition) is 4. The Bertz CT molecular complexity index is 1260. The molecule has 5 nitrogen and oxygen atoms in total. The fourth-order valence-corrected chi connectivity index (χ4v) is 4.89. The third-order valence-electron chi connectivity index (χ3n) is 6.18. The Labute approximate surface area is 168 Å². The molecule has 2 aliphatic rings. The number of nitriles is 1. The maximum atomic E-state index is 12.8. The van der Waals surface area contributed by atoms with Gasteiger partial charge in [0.1, 0.15) is 11.7 Å². The molecule has 1 aromatic heterocycles. The minimum Gasteiger partial charge on any atom is -0.446 e. The number of para-hydroxylation sites is 1. The van der Waals surface area contributed by atoms with Crippen LogP contribution in [0.25, 0.3) is 21.8 Å². The average molecular weight is 383 g/mol. The zero-order valence-electron chi connectivity index (χ0n) is 16.2. The molecular weight excluding hydrogens is 362 g/mol. The summed E-state index contributed by atoms with van der Waals surface area (Å²) in [7, 11) is 0. The molecule has 2 heterocycles. The summed E-state index contributed by atoms with van der Waals surface area (Å²) in [6.07, 6.45) is 1.86. The number of aromatic nitrogens is 1. The van der Waals surface area contributed by atoms with Crippen LogP contribution in [0.5, 0.6) is 0 Å². The smallest absolute Gasteiger partial charge is 0.205 e. The van der Waals surface area contributed by atoms with Gasteiger partial charge in [0.15, 0.2) is 5.78 Å². The van der Waals surface area contributed by atoms with Gasteiger partial charge >= 0.3 is 0 Å². The van der Waals surface area contributed by atoms with Crippen molar-refractivity contribution in [2.75, 3.05) is 0 Å². The molecule has 0 spiro atoms. The predicted molar refractivity (Wildman–Crippen MR) is 112 cm³/mol. The number of hydrogen-bond donors (Lipinski definition) is 1. The van der Waals surface area contributed by atoms with E-state index in [9.17, 15) is 10.1 Å². The number of rotatable bonds is 2. The van der Waals surface area contributed by atoms with E-state index in [-0.39, 0.29) is 11.7 Å². The molecule has 144 valence electrons. The molecule has 1 aliphatic carbocycles. The second-order valence-corrected chi connectivity index (χ2v) is 7.70. The highest BCUT2D eigenvalue weighted by atomic mass is 16.5. The lowest BCUT2D eigenvalue weighted by Gasteiger charge is -2.34. The first-order valence-electron chi connectivity index (χ1n) is 10.1. The quantitative estimate of drug-likeness (QED) is 0.672. The van der Waals surface area contributed by atoms with Crippen molar-refractivity contribution in [2.45, 2.75) is 38.6 Å². The van der Waals surface area contributed by atoms with Gasteiger partial charge in [0.25, 0.3) is 0 Å². The van der Waals surface area contributed by atoms with Crippen LogP contribution in [0, 0.1) is 22.7 Å². The lowest BCUT2D eigenvalue weighted by molar-refractivity contribution is -0.116. The largest absolute Gasteiger partial charge is 0.446 e. The van der Waals surface area contributed by atoms with Crippen LogP contribution < -0.4 is 0 Å². The molecule has 0 amide bonds. The Hall–Kier alpha value is -3.39. The molecule has 29 heavy (non-hydrogen) atoms. The minimum absolute atomic E-state index is 0.0418. The Morgan fingerprint density at radius 3 is 2.76 bits per heavy atom. The summed E-state index contributed by atoms with van der Waals surface area (Å²) in [6, 6.07) is 16.7. The third-order valence-corrected chi connectivity index (χ3v) is 6.18. The van der Waals surface area contributed by atoms with Gasteiger partial charge in [-0.15, -0.1) is 0 Å². The van der Waals surface area contributed by atoms with Gasteiger partial charge in [-0.25, -0.2) is 0 Å². The zero-order valence-corrected chi connectivity index (χ0v) is 16.2. The van der Waals surface area contributed by atoms with E-state index in [0.717, 1.165) is 29.4 Å². The van der Waals surface area contributed by atoms with Crippen LogP contribution in [0.3, 0.4) is 0 Å². The number of allylic oxidation sites excluding steroid dienone is 2. The van der Waals surface area contributed by atoms with E-state index in [2.05, 4.69) is 41.8 Å². The van der Waals surface area contributed by atoms with Crippen LogP contribution in [-0.4, -0.2) is 16.2 Å². The van der Waals surface area contributed by atoms with Gasteiger partial charge in [0, 0.05) is 52.7 Å². The lowest BCUT2D eigenvalue weighted by Crippen LogP contribution is -2.34. The molecule has 5 heteroatoms. The molecule has 5 rings (SSSR count). The highest BCUT2D eigenvalue weighted by Crippen LogP contribution is 2.44. The van der Waals surface area contributed by atoms with E-state index in [1.807, 2.05) is 18.2 Å². The summed E-state index contributed by atoms with van der Waals surface area (Å²) in [5.74, 6) is -0.662. The van der Waals surface area contributed by atoms with E-state index in [1.165, 1.54) is 10.9 Å². The van der Waals surface area contributed by atoms with Gasteiger partial charge in [0.2, 0.25) is 5.90 Å². The molecule has 1 aliphatic heterocycles. The summed E-state index contributed by atoms with van der Waals surface area (Å²) in [5, 5.41) is 20.4. The fraction of sp³-hybridized carbons (Fsp3) is 0.292. The Morgan fingerprint density at radius 1 is 1.17 bits per heavy atom. The number of nitrogens with one attached hydrogen (secondary N) is 1.